The molecule has 86 valence electrons. The van der Waals surface area contributed by atoms with E-state index in [2.05, 4.69) is 5.73 Å². The summed E-state index contributed by atoms with van der Waals surface area (Å²) in [5.41, 5.74) is 8.33. The fraction of sp³-hybridized carbons (Fsp3) is 0.111. The molecule has 0 radical (unpaired) electrons. The van der Waals surface area contributed by atoms with Gasteiger partial charge in [0.15, 0.2) is 11.6 Å². The predicted molar refractivity (Wildman–Crippen MR) is 50.9 cm³/mol. The van der Waals surface area contributed by atoms with Crippen molar-refractivity contribution in [2.24, 2.45) is 5.73 Å². The number of hydrogen-bond acceptors (Lipinski definition) is 2. The summed E-state index contributed by atoms with van der Waals surface area (Å²) in [5, 5.41) is 0. The number of nitrogens with two attached hydrogens (primary N) is 1. The lowest BCUT2D eigenvalue weighted by Crippen LogP contribution is -2.45. The smallest absolute Gasteiger partial charge is 0.330 e. The summed E-state index contributed by atoms with van der Waals surface area (Å²) in [5.74, 6) is -2.83. The second kappa shape index (κ2) is 5.06. The molecule has 4 N–H and O–H groups in total. The molecule has 1 rings (SSSR count). The first-order chi connectivity index (χ1) is 7.50. The molecule has 0 fully saturated rings. The predicted octanol–water partition coefficient (Wildman–Crippen LogP) is 0.207. The Balaban J connectivity index is 2.63. The van der Waals surface area contributed by atoms with Crippen LogP contribution in [-0.2, 0) is 11.2 Å². The third-order valence-electron chi connectivity index (χ3n) is 1.71. The van der Waals surface area contributed by atoms with Crippen molar-refractivity contribution in [2.75, 3.05) is 0 Å². The molecule has 0 aliphatic carbocycles. The van der Waals surface area contributed by atoms with Gasteiger partial charge in [-0.05, 0) is 6.07 Å². The average molecular weight is 229 g/mol. The molecule has 1 aromatic rings. The van der Waals surface area contributed by atoms with Gasteiger partial charge >= 0.3 is 6.03 Å². The number of hydrogen-bond donors (Lipinski definition) is 3. The van der Waals surface area contributed by atoms with Crippen LogP contribution in [0.2, 0.25) is 0 Å². The molecule has 1 aromatic carbocycles. The second-order valence-electron chi connectivity index (χ2n) is 2.93. The van der Waals surface area contributed by atoms with E-state index in [4.69, 9.17) is 0 Å². The van der Waals surface area contributed by atoms with Crippen LogP contribution in [-0.4, -0.2) is 11.9 Å². The fourth-order valence-electron chi connectivity index (χ4n) is 1.03. The van der Waals surface area contributed by atoms with Crippen LogP contribution in [0.4, 0.5) is 13.6 Å². The molecule has 5 nitrogen and oxygen atoms in total. The summed E-state index contributed by atoms with van der Waals surface area (Å²) in [7, 11) is 0. The topological polar surface area (TPSA) is 84.2 Å². The quantitative estimate of drug-likeness (QED) is 0.633. The summed E-state index contributed by atoms with van der Waals surface area (Å²) in [4.78, 5) is 21.3. The maximum atomic E-state index is 13.1. The van der Waals surface area contributed by atoms with Gasteiger partial charge in [0.25, 0.3) is 0 Å². The molecule has 0 saturated heterocycles. The maximum absolute atomic E-state index is 13.1. The van der Waals surface area contributed by atoms with E-state index in [-0.39, 0.29) is 5.56 Å². The first-order valence-corrected chi connectivity index (χ1v) is 4.28. The van der Waals surface area contributed by atoms with E-state index in [1.54, 1.807) is 0 Å². The van der Waals surface area contributed by atoms with Crippen LogP contribution in [0.15, 0.2) is 18.2 Å². The van der Waals surface area contributed by atoms with Gasteiger partial charge in [0.1, 0.15) is 0 Å². The zero-order valence-corrected chi connectivity index (χ0v) is 8.09. The van der Waals surface area contributed by atoms with Crippen LogP contribution in [0, 0.1) is 11.6 Å². The van der Waals surface area contributed by atoms with Crippen LogP contribution < -0.4 is 16.6 Å². The van der Waals surface area contributed by atoms with Gasteiger partial charge in [-0.3, -0.25) is 10.2 Å². The first-order valence-electron chi connectivity index (χ1n) is 4.28. The number of benzene rings is 1. The minimum absolute atomic E-state index is 0.108. The number of nitrogens with one attached hydrogen (secondary N) is 2. The van der Waals surface area contributed by atoms with Crippen LogP contribution in [0.5, 0.6) is 0 Å². The maximum Gasteiger partial charge on any atom is 0.330 e. The van der Waals surface area contributed by atoms with Gasteiger partial charge in [0, 0.05) is 5.56 Å². The van der Waals surface area contributed by atoms with Crippen molar-refractivity contribution in [3.8, 4) is 0 Å². The van der Waals surface area contributed by atoms with Crippen molar-refractivity contribution < 1.29 is 18.4 Å². The van der Waals surface area contributed by atoms with Crippen molar-refractivity contribution in [1.29, 1.82) is 0 Å². The Morgan fingerprint density at radius 1 is 1.25 bits per heavy atom. The Labute approximate surface area is 89.6 Å². The highest BCUT2D eigenvalue weighted by atomic mass is 19.2. The average Bonchev–Trinajstić information content (AvgIpc) is 2.22. The molecule has 0 unspecified atom stereocenters. The van der Waals surface area contributed by atoms with Gasteiger partial charge in [-0.2, -0.15) is 0 Å². The molecule has 0 aliphatic heterocycles. The minimum Gasteiger partial charge on any atom is -0.350 e. The summed E-state index contributed by atoms with van der Waals surface area (Å²) < 4.78 is 25.8. The molecule has 0 spiro atoms. The lowest BCUT2D eigenvalue weighted by atomic mass is 10.1. The highest BCUT2D eigenvalue weighted by Crippen LogP contribution is 2.11. The first kappa shape index (κ1) is 11.9. The molecule has 16 heavy (non-hydrogen) atoms. The van der Waals surface area contributed by atoms with Gasteiger partial charge in [0.05, 0.1) is 6.42 Å². The number of hydrazine groups is 1. The Kier molecular flexibility index (Phi) is 3.76. The van der Waals surface area contributed by atoms with Gasteiger partial charge in [0.2, 0.25) is 5.91 Å². The van der Waals surface area contributed by atoms with Gasteiger partial charge in [-0.1, -0.05) is 12.1 Å². The summed E-state index contributed by atoms with van der Waals surface area (Å²) >= 11 is 0. The van der Waals surface area contributed by atoms with E-state index in [1.807, 2.05) is 10.9 Å². The SMILES string of the molecule is NC(=O)NNC(=O)Cc1cccc(F)c1F. The van der Waals surface area contributed by atoms with Crippen LogP contribution in [0.1, 0.15) is 5.56 Å². The standard InChI is InChI=1S/C9H9F2N3O2/c10-6-3-1-2-5(8(6)11)4-7(15)13-14-9(12)16/h1-3H,4H2,(H,13,15)(H3,12,14,16). The van der Waals surface area contributed by atoms with Crippen molar-refractivity contribution in [3.63, 3.8) is 0 Å². The molecule has 0 aliphatic rings. The number of primary amides is 1. The van der Waals surface area contributed by atoms with E-state index in [9.17, 15) is 18.4 Å². The third kappa shape index (κ3) is 3.19. The highest BCUT2D eigenvalue weighted by molar-refractivity contribution is 5.81. The number of rotatable bonds is 2. The van der Waals surface area contributed by atoms with Gasteiger partial charge in [-0.15, -0.1) is 0 Å². The van der Waals surface area contributed by atoms with E-state index >= 15 is 0 Å². The molecule has 0 atom stereocenters. The minimum atomic E-state index is -1.09. The normalized spacial score (nSPS) is 9.62. The van der Waals surface area contributed by atoms with Crippen molar-refractivity contribution in [2.45, 2.75) is 6.42 Å². The van der Waals surface area contributed by atoms with Crippen molar-refractivity contribution in [3.05, 3.63) is 35.4 Å². The largest absolute Gasteiger partial charge is 0.350 e. The van der Waals surface area contributed by atoms with Gasteiger partial charge < -0.3 is 5.73 Å². The number of carbonyl (C=O) groups excluding carboxylic acids is 2. The van der Waals surface area contributed by atoms with Crippen molar-refractivity contribution in [1.82, 2.24) is 10.9 Å². The summed E-state index contributed by atoms with van der Waals surface area (Å²) in [6, 6.07) is 2.54. The zero-order valence-electron chi connectivity index (χ0n) is 8.09. The number of halogens is 2. The summed E-state index contributed by atoms with van der Waals surface area (Å²) in [6.07, 6.45) is -0.399. The number of urea groups is 1. The Morgan fingerprint density at radius 2 is 1.94 bits per heavy atom. The second-order valence-corrected chi connectivity index (χ2v) is 2.93. The van der Waals surface area contributed by atoms with Crippen LogP contribution >= 0.6 is 0 Å². The molecule has 0 heterocycles. The molecule has 0 bridgehead atoms. The third-order valence-corrected chi connectivity index (χ3v) is 1.71. The van der Waals surface area contributed by atoms with E-state index in [0.717, 1.165) is 6.07 Å². The Bertz CT molecular complexity index is 423. The monoisotopic (exact) mass is 229 g/mol. The fourth-order valence-corrected chi connectivity index (χ4v) is 1.03. The molecule has 7 heteroatoms. The molecular weight excluding hydrogens is 220 g/mol. The molecule has 0 aromatic heterocycles. The lowest BCUT2D eigenvalue weighted by molar-refractivity contribution is -0.121. The number of carbonyl (C=O) groups is 2. The summed E-state index contributed by atoms with van der Waals surface area (Å²) in [6.45, 7) is 0. The molecule has 0 saturated carbocycles. The zero-order chi connectivity index (χ0) is 12.1. The Morgan fingerprint density at radius 3 is 2.56 bits per heavy atom. The Hall–Kier alpha value is -2.18. The van der Waals surface area contributed by atoms with Crippen molar-refractivity contribution >= 4 is 11.9 Å². The van der Waals surface area contributed by atoms with Gasteiger partial charge in [-0.25, -0.2) is 19.0 Å². The van der Waals surface area contributed by atoms with E-state index in [0.29, 0.717) is 0 Å². The van der Waals surface area contributed by atoms with E-state index < -0.39 is 30.0 Å². The number of amides is 3. The van der Waals surface area contributed by atoms with E-state index in [1.165, 1.54) is 12.1 Å². The lowest BCUT2D eigenvalue weighted by Gasteiger charge is -2.05. The van der Waals surface area contributed by atoms with Crippen LogP contribution in [0.3, 0.4) is 0 Å². The molecule has 3 amide bonds. The van der Waals surface area contributed by atoms with Crippen LogP contribution in [0.25, 0.3) is 0 Å². The molecular formula is C9H9F2N3O2. The highest BCUT2D eigenvalue weighted by Gasteiger charge is 2.11.